The first-order valence-corrected chi connectivity index (χ1v) is 30.1. The lowest BCUT2D eigenvalue weighted by Gasteiger charge is -2.32. The number of amides is 5. The third-order valence-corrected chi connectivity index (χ3v) is 16.5. The Balaban J connectivity index is 0.840. The van der Waals surface area contributed by atoms with E-state index < -0.39 is 54.1 Å². The van der Waals surface area contributed by atoms with Crippen LogP contribution >= 0.6 is 11.3 Å². The number of nitrogens with zero attached hydrogens (tertiary/aromatic N) is 9. The number of nitrogens with one attached hydrogen (secondary N) is 3. The van der Waals surface area contributed by atoms with Gasteiger partial charge in [0.25, 0.3) is 5.91 Å². The Morgan fingerprint density at radius 1 is 0.701 bits per heavy atom. The summed E-state index contributed by atoms with van der Waals surface area (Å²) in [5, 5.41) is 53.6. The van der Waals surface area contributed by atoms with Gasteiger partial charge in [-0.05, 0) is 61.7 Å². The quantitative estimate of drug-likeness (QED) is 0.0435. The summed E-state index contributed by atoms with van der Waals surface area (Å²) in [5.74, 6) is -4.68. The number of ether oxygens (including phenoxy) is 3. The van der Waals surface area contributed by atoms with Crippen LogP contribution in [0.15, 0.2) is 48.1 Å². The zero-order valence-corrected chi connectivity index (χ0v) is 49.5. The summed E-state index contributed by atoms with van der Waals surface area (Å²) in [6, 6.07) is 8.14. The number of aliphatic carboxylic acids is 4. The molecule has 3 fully saturated rings. The number of rotatable bonds is 26. The topological polar surface area (TPSA) is 348 Å². The Labute approximate surface area is 506 Å². The second-order valence-electron chi connectivity index (χ2n) is 21.8. The second-order valence-corrected chi connectivity index (χ2v) is 22.7. The van der Waals surface area contributed by atoms with Gasteiger partial charge in [-0.25, -0.2) is 4.68 Å². The van der Waals surface area contributed by atoms with E-state index in [2.05, 4.69) is 20.9 Å². The largest absolute Gasteiger partial charge is 0.496 e. The van der Waals surface area contributed by atoms with Crippen molar-refractivity contribution in [1.29, 1.82) is 0 Å². The monoisotopic (exact) mass is 1230 g/mol. The van der Waals surface area contributed by atoms with Crippen LogP contribution < -0.4 is 30.2 Å². The molecule has 3 aliphatic heterocycles. The van der Waals surface area contributed by atoms with E-state index in [9.17, 15) is 63.6 Å². The molecule has 0 bridgehead atoms. The summed E-state index contributed by atoms with van der Waals surface area (Å²) in [6.45, 7) is 2.70. The van der Waals surface area contributed by atoms with Gasteiger partial charge in [0.15, 0.2) is 5.69 Å². The van der Waals surface area contributed by atoms with Crippen molar-refractivity contribution >= 4 is 64.7 Å². The van der Waals surface area contributed by atoms with Gasteiger partial charge in [-0.3, -0.25) is 67.7 Å². The molecule has 87 heavy (non-hydrogen) atoms. The first kappa shape index (κ1) is 64.7. The number of thiophene rings is 1. The average Bonchev–Trinajstić information content (AvgIpc) is 1.68. The van der Waals surface area contributed by atoms with E-state index in [0.717, 1.165) is 24.3 Å². The smallest absolute Gasteiger partial charge is 0.317 e. The molecule has 1 atom stereocenters. The van der Waals surface area contributed by atoms with Crippen molar-refractivity contribution in [2.24, 2.45) is 5.92 Å². The van der Waals surface area contributed by atoms with Gasteiger partial charge >= 0.3 is 23.9 Å². The van der Waals surface area contributed by atoms with Crippen molar-refractivity contribution in [2.45, 2.75) is 64.0 Å². The first-order chi connectivity index (χ1) is 41.9. The summed E-state index contributed by atoms with van der Waals surface area (Å²) in [7, 11) is 1.55. The third kappa shape index (κ3) is 18.4. The molecular weight excluding hydrogens is 1150 g/mol. The van der Waals surface area contributed by atoms with Crippen LogP contribution in [0.1, 0.15) is 67.4 Å². The van der Waals surface area contributed by atoms with E-state index in [1.54, 1.807) is 60.8 Å². The highest BCUT2D eigenvalue weighted by Crippen LogP contribution is 2.47. The SMILES string of the molecule is COc1cc2c(cc1-c1cncc(OCCCNC(=O)[C@@H](CCC(=O)O)NC(=O)CCNC(=O)CN3CCN(CC(=O)O)CCN(CC(=O)O)CCN(CC(=O)O)CC3)c1)-c1c(c(C(=O)N3CCCN(C(=O)C4CCC4)CC3)nn1-c1cccs1)CO2. The molecule has 0 spiro atoms. The van der Waals surface area contributed by atoms with Gasteiger partial charge in [0.1, 0.15) is 34.9 Å². The highest BCUT2D eigenvalue weighted by Gasteiger charge is 2.36. The molecule has 0 unspecified atom stereocenters. The Morgan fingerprint density at radius 2 is 1.34 bits per heavy atom. The third-order valence-electron chi connectivity index (χ3n) is 15.6. The fourth-order valence-corrected chi connectivity index (χ4v) is 11.5. The molecule has 7 N–H and O–H groups in total. The summed E-state index contributed by atoms with van der Waals surface area (Å²) in [6.07, 6.45) is 6.19. The fraction of sp³-hybridized carbons (Fsp3) is 0.534. The number of benzene rings is 1. The number of hydrogen-bond donors (Lipinski definition) is 7. The van der Waals surface area contributed by atoms with E-state index in [1.807, 2.05) is 28.5 Å². The molecule has 8 rings (SSSR count). The number of methoxy groups -OCH3 is 1. The van der Waals surface area contributed by atoms with Crippen molar-refractivity contribution in [1.82, 2.24) is 60.1 Å². The maximum Gasteiger partial charge on any atom is 0.317 e. The molecule has 1 aliphatic carbocycles. The fourth-order valence-electron chi connectivity index (χ4n) is 10.8. The molecule has 470 valence electrons. The van der Waals surface area contributed by atoms with Crippen LogP contribution in [0.2, 0.25) is 0 Å². The Hall–Kier alpha value is -8.25. The van der Waals surface area contributed by atoms with Crippen LogP contribution in [0, 0.1) is 5.92 Å². The molecular formula is C58H76N12O16S. The number of aromatic nitrogens is 3. The van der Waals surface area contributed by atoms with Crippen molar-refractivity contribution in [3.05, 3.63) is 59.4 Å². The molecule has 28 nitrogen and oxygen atoms in total. The van der Waals surface area contributed by atoms with Gasteiger partial charge in [0.05, 0.1) is 51.8 Å². The van der Waals surface area contributed by atoms with Crippen molar-refractivity contribution in [3.8, 4) is 44.6 Å². The molecule has 6 heterocycles. The van der Waals surface area contributed by atoms with E-state index in [4.69, 9.17) is 19.3 Å². The van der Waals surface area contributed by atoms with E-state index in [0.29, 0.717) is 84.2 Å². The van der Waals surface area contributed by atoms with Crippen molar-refractivity contribution in [2.75, 3.05) is 132 Å². The average molecular weight is 1230 g/mol. The van der Waals surface area contributed by atoms with Gasteiger partial charge < -0.3 is 60.4 Å². The normalized spacial score (nSPS) is 16.9. The summed E-state index contributed by atoms with van der Waals surface area (Å²) >= 11 is 1.48. The standard InChI is InChI=1S/C58H76N12O16S/c1-84-45-30-46-42(55-43(37-86-46)54(63-70(55)49-8-3-27-87-49)58(83)69-15-5-14-68(24-25-69)57(82)38-6-2-7-38)29-41(45)39-28-40(32-59-31-39)85-26-4-12-61-56(81)44(9-10-50(73)74)62-47(71)11-13-60-48(72)33-64-16-18-65(34-51(75)76)20-22-67(36-53(79)80)23-21-66(19-17-64)35-52(77)78/h3,8,27-32,38,44H,2,4-7,9-26,33-37H2,1H3,(H,60,72)(H,61,81)(H,62,71)(H,73,74)(H,75,76)(H,77,78)(H,79,80)/t44-/m1/s1. The number of fused-ring (bicyclic) bond motifs is 3. The summed E-state index contributed by atoms with van der Waals surface area (Å²) < 4.78 is 20.1. The number of pyridine rings is 1. The van der Waals surface area contributed by atoms with Crippen LogP contribution in [-0.2, 0) is 45.0 Å². The Bertz CT molecular complexity index is 3070. The summed E-state index contributed by atoms with van der Waals surface area (Å²) in [5.41, 5.74) is 3.60. The van der Waals surface area contributed by atoms with E-state index in [-0.39, 0.29) is 141 Å². The number of carbonyl (C=O) groups is 9. The molecule has 29 heteroatoms. The molecule has 4 aliphatic rings. The van der Waals surface area contributed by atoms with E-state index >= 15 is 0 Å². The maximum absolute atomic E-state index is 14.4. The zero-order chi connectivity index (χ0) is 62.0. The van der Waals surface area contributed by atoms with Crippen LogP contribution in [0.4, 0.5) is 0 Å². The number of carbonyl (C=O) groups excluding carboxylic acids is 5. The number of carboxylic acids is 4. The Kier molecular flexibility index (Phi) is 23.4. The maximum atomic E-state index is 14.4. The van der Waals surface area contributed by atoms with Gasteiger partial charge in [0, 0.05) is 145 Å². The van der Waals surface area contributed by atoms with Crippen LogP contribution in [-0.4, -0.2) is 256 Å². The second kappa shape index (κ2) is 31.4. The molecule has 4 aromatic rings. The van der Waals surface area contributed by atoms with Crippen molar-refractivity contribution in [3.63, 3.8) is 0 Å². The molecule has 1 aromatic carbocycles. The number of carboxylic acid groups (broad SMARTS) is 4. The minimum absolute atomic E-state index is 0.0822. The molecule has 0 radical (unpaired) electrons. The van der Waals surface area contributed by atoms with Gasteiger partial charge in [0.2, 0.25) is 23.6 Å². The predicted octanol–water partition coefficient (Wildman–Crippen LogP) is 1.25. The van der Waals surface area contributed by atoms with Gasteiger partial charge in [-0.2, -0.15) is 5.10 Å². The molecule has 2 saturated heterocycles. The van der Waals surface area contributed by atoms with Crippen LogP contribution in [0.5, 0.6) is 17.2 Å². The highest BCUT2D eigenvalue weighted by molar-refractivity contribution is 7.12. The number of hydrogen-bond acceptors (Lipinski definition) is 19. The summed E-state index contributed by atoms with van der Waals surface area (Å²) in [4.78, 5) is 128. The molecule has 1 saturated carbocycles. The molecule has 5 amide bonds. The Morgan fingerprint density at radius 3 is 1.94 bits per heavy atom. The van der Waals surface area contributed by atoms with E-state index in [1.165, 1.54) is 11.3 Å². The lowest BCUT2D eigenvalue weighted by molar-refractivity contribution is -0.140. The molecule has 3 aromatic heterocycles. The van der Waals surface area contributed by atoms with Crippen LogP contribution in [0.3, 0.4) is 0 Å². The van der Waals surface area contributed by atoms with Gasteiger partial charge in [-0.1, -0.05) is 6.42 Å². The van der Waals surface area contributed by atoms with Crippen molar-refractivity contribution < 1.29 is 77.8 Å². The van der Waals surface area contributed by atoms with Crippen LogP contribution in [0.25, 0.3) is 27.4 Å². The minimum atomic E-state index is -1.21. The zero-order valence-electron chi connectivity index (χ0n) is 48.7. The minimum Gasteiger partial charge on any atom is -0.496 e. The predicted molar refractivity (Wildman–Crippen MR) is 314 cm³/mol. The van der Waals surface area contributed by atoms with Gasteiger partial charge in [-0.15, -0.1) is 11.3 Å². The lowest BCUT2D eigenvalue weighted by atomic mass is 9.84. The first-order valence-electron chi connectivity index (χ1n) is 29.2. The highest BCUT2D eigenvalue weighted by atomic mass is 32.1. The lowest BCUT2D eigenvalue weighted by Crippen LogP contribution is -2.50.